The van der Waals surface area contributed by atoms with Crippen molar-refractivity contribution in [3.63, 3.8) is 0 Å². The molecule has 0 fully saturated rings. The predicted octanol–water partition coefficient (Wildman–Crippen LogP) is 27.9. The van der Waals surface area contributed by atoms with E-state index in [1.807, 2.05) is 0 Å². The van der Waals surface area contributed by atoms with Crippen LogP contribution in [0.1, 0.15) is 367 Å². The quantitative estimate of drug-likeness (QED) is 0.0146. The predicted molar refractivity (Wildman–Crippen MR) is 482 cm³/mol. The number of phosphoric acid groups is 2. The summed E-state index contributed by atoms with van der Waals surface area (Å²) in [6, 6.07) is 0. The molecular formula is C97H164O16P2. The van der Waals surface area contributed by atoms with Gasteiger partial charge < -0.3 is 34.2 Å². The fraction of sp³-hybridized carbons (Fsp3) is 0.680. The lowest BCUT2D eigenvalue weighted by Crippen LogP contribution is -2.30. The van der Waals surface area contributed by atoms with Crippen molar-refractivity contribution in [2.75, 3.05) is 39.6 Å². The third-order valence-corrected chi connectivity index (χ3v) is 20.8. The van der Waals surface area contributed by atoms with Crippen LogP contribution >= 0.6 is 15.6 Å². The van der Waals surface area contributed by atoms with E-state index in [4.69, 9.17) is 32.3 Å². The van der Waals surface area contributed by atoms with Gasteiger partial charge >= 0.3 is 33.6 Å². The number of hydrogen-bond donors (Lipinski definition) is 4. The summed E-state index contributed by atoms with van der Waals surface area (Å²) in [6.07, 6.45) is 114. The second kappa shape index (κ2) is 88.2. The van der Waals surface area contributed by atoms with Crippen molar-refractivity contribution < 1.29 is 75.8 Å². The molecule has 0 radical (unpaired) electrons. The number of carbonyl (C=O) groups excluding carboxylic acids is 3. The molecule has 0 heterocycles. The van der Waals surface area contributed by atoms with Crippen molar-refractivity contribution in [1.82, 2.24) is 0 Å². The molecule has 0 rings (SSSR count). The summed E-state index contributed by atoms with van der Waals surface area (Å²) < 4.78 is 61.4. The molecule has 0 aromatic carbocycles. The summed E-state index contributed by atoms with van der Waals surface area (Å²) in [6.45, 7) is 2.51. The summed E-state index contributed by atoms with van der Waals surface area (Å²) in [5.74, 6) is -1.60. The van der Waals surface area contributed by atoms with Gasteiger partial charge in [-0.1, -0.05) is 358 Å². The van der Waals surface area contributed by atoms with Crippen molar-refractivity contribution in [2.45, 2.75) is 386 Å². The van der Waals surface area contributed by atoms with Crippen molar-refractivity contribution in [3.05, 3.63) is 170 Å². The third-order valence-electron chi connectivity index (χ3n) is 18.9. The third kappa shape index (κ3) is 89.5. The fourth-order valence-corrected chi connectivity index (χ4v) is 13.6. The SMILES string of the molecule is CC/C=C\C/C=C\C/C=C\C/C=C\C/C=C\C/C=C\CCCCCCCCCCC(=O)OCC(COP(=O)(O)OCC(O)COP(=O)(O)OCC(O)COC(=O)CCCCCCCCCCCCCCCCC/C=C\C/C=C\C/C=C\C/C=C\CCCCC)OC(=O)CCCCCCC/C=C\C/C=C\C/C=C\C/C=C\CCCCC. The van der Waals surface area contributed by atoms with Crippen LogP contribution in [0.4, 0.5) is 0 Å². The number of rotatable bonds is 85. The number of phosphoric ester groups is 2. The van der Waals surface area contributed by atoms with Crippen LogP contribution in [0.3, 0.4) is 0 Å². The van der Waals surface area contributed by atoms with Gasteiger partial charge in [0.1, 0.15) is 25.4 Å². The molecule has 115 heavy (non-hydrogen) atoms. The Morgan fingerprint density at radius 3 is 0.730 bits per heavy atom. The van der Waals surface area contributed by atoms with Gasteiger partial charge in [0.25, 0.3) is 0 Å². The highest BCUT2D eigenvalue weighted by Gasteiger charge is 2.29. The van der Waals surface area contributed by atoms with E-state index in [0.29, 0.717) is 19.3 Å². The molecule has 0 spiro atoms. The zero-order valence-electron chi connectivity index (χ0n) is 72.4. The smallest absolute Gasteiger partial charge is 0.463 e. The van der Waals surface area contributed by atoms with Crippen LogP contribution in [0, 0.1) is 0 Å². The van der Waals surface area contributed by atoms with E-state index in [-0.39, 0.29) is 19.3 Å². The Morgan fingerprint density at radius 1 is 0.252 bits per heavy atom. The van der Waals surface area contributed by atoms with Crippen LogP contribution in [0.25, 0.3) is 0 Å². The van der Waals surface area contributed by atoms with Crippen LogP contribution in [0.5, 0.6) is 0 Å². The maximum absolute atomic E-state index is 13.1. The Kier molecular flexibility index (Phi) is 84.3. The van der Waals surface area contributed by atoms with E-state index < -0.39 is 91.5 Å². The number of esters is 3. The van der Waals surface area contributed by atoms with Gasteiger partial charge in [-0.15, -0.1) is 0 Å². The van der Waals surface area contributed by atoms with Gasteiger partial charge in [-0.25, -0.2) is 9.13 Å². The lowest BCUT2D eigenvalue weighted by molar-refractivity contribution is -0.161. The molecule has 0 saturated carbocycles. The molecule has 4 N–H and O–H groups in total. The highest BCUT2D eigenvalue weighted by Crippen LogP contribution is 2.45. The van der Waals surface area contributed by atoms with Crippen LogP contribution in [-0.2, 0) is 55.8 Å². The molecule has 5 atom stereocenters. The lowest BCUT2D eigenvalue weighted by atomic mass is 10.0. The average Bonchev–Trinajstić information content (AvgIpc) is 0.900. The molecule has 0 aromatic heterocycles. The van der Waals surface area contributed by atoms with Crippen LogP contribution in [0.2, 0.25) is 0 Å². The fourth-order valence-electron chi connectivity index (χ4n) is 12.0. The summed E-state index contributed by atoms with van der Waals surface area (Å²) >= 11 is 0. The minimum Gasteiger partial charge on any atom is -0.463 e. The van der Waals surface area contributed by atoms with Gasteiger partial charge in [-0.05, 0) is 161 Å². The van der Waals surface area contributed by atoms with Crippen molar-refractivity contribution in [3.8, 4) is 0 Å². The normalized spacial score (nSPS) is 14.6. The number of allylic oxidation sites excluding steroid dienone is 28. The van der Waals surface area contributed by atoms with Gasteiger partial charge in [0.05, 0.1) is 26.4 Å². The van der Waals surface area contributed by atoms with E-state index in [0.717, 1.165) is 180 Å². The zero-order valence-corrected chi connectivity index (χ0v) is 74.2. The summed E-state index contributed by atoms with van der Waals surface area (Å²) in [5, 5.41) is 20.7. The van der Waals surface area contributed by atoms with Crippen LogP contribution in [-0.4, -0.2) is 95.9 Å². The van der Waals surface area contributed by atoms with Gasteiger partial charge in [-0.2, -0.15) is 0 Å². The highest BCUT2D eigenvalue weighted by molar-refractivity contribution is 7.47. The standard InChI is InChI=1S/C97H164O16P2/c1-4-7-10-13-16-19-22-25-28-31-34-37-39-41-43-44-45-46-48-50-51-54-56-59-62-65-68-71-74-77-80-83-95(100)107-86-92(98)87-109-114(103,104)110-88-93(99)89-111-115(105,106)112-91-94(113-97(102)85-82-79-76-73-70-67-64-61-58-53-36-33-30-27-24-21-18-15-12-9-6-3)90-108-96(101)84-81-78-75-72-69-66-63-60-57-55-52-49-47-42-40-38-35-32-29-26-23-20-17-14-11-8-5-2/h8,11,16-21,25-30,34-38,41-43,47,52-53,55,61,64,92-94,98-99H,4-7,9-10,12-15,22-24,31-33,39-40,44-46,48-51,54,56-60,62-63,65-91H2,1-3H3,(H,103,104)(H,105,106)/b11-8-,19-16-,20-17-,21-18-,28-25-,29-26-,30-27-,37-34-,38-35-,43-41-,47-42-,53-36-,55-52-,64-61-. The first-order chi connectivity index (χ1) is 56.2. The summed E-state index contributed by atoms with van der Waals surface area (Å²) in [7, 11) is -9.82. The number of unbranched alkanes of at least 4 members (excludes halogenated alkanes) is 34. The Labute approximate surface area is 701 Å². The first kappa shape index (κ1) is 110. The number of aliphatic hydroxyl groups excluding tert-OH is 2. The van der Waals surface area contributed by atoms with E-state index in [2.05, 4.69) is 191 Å². The van der Waals surface area contributed by atoms with Crippen molar-refractivity contribution in [2.24, 2.45) is 0 Å². The van der Waals surface area contributed by atoms with Crippen molar-refractivity contribution >= 4 is 33.6 Å². The maximum atomic E-state index is 13.1. The van der Waals surface area contributed by atoms with Gasteiger partial charge in [0.2, 0.25) is 0 Å². The molecular weight excluding hydrogens is 1480 g/mol. The second-order valence-corrected chi connectivity index (χ2v) is 32.9. The van der Waals surface area contributed by atoms with E-state index >= 15 is 0 Å². The van der Waals surface area contributed by atoms with Gasteiger partial charge in [-0.3, -0.25) is 32.5 Å². The molecule has 0 amide bonds. The highest BCUT2D eigenvalue weighted by atomic mass is 31.2. The van der Waals surface area contributed by atoms with Crippen molar-refractivity contribution in [1.29, 1.82) is 0 Å². The second-order valence-electron chi connectivity index (χ2n) is 30.0. The first-order valence-electron chi connectivity index (χ1n) is 45.4. The van der Waals surface area contributed by atoms with Crippen LogP contribution < -0.4 is 0 Å². The zero-order chi connectivity index (χ0) is 83.6. The minimum atomic E-state index is -4.95. The average molecular weight is 1650 g/mol. The summed E-state index contributed by atoms with van der Waals surface area (Å²) in [4.78, 5) is 59.0. The van der Waals surface area contributed by atoms with Crippen LogP contribution in [0.15, 0.2) is 170 Å². The molecule has 0 bridgehead atoms. The molecule has 5 unspecified atom stereocenters. The number of carbonyl (C=O) groups is 3. The maximum Gasteiger partial charge on any atom is 0.472 e. The van der Waals surface area contributed by atoms with E-state index in [9.17, 15) is 43.5 Å². The number of aliphatic hydroxyl groups is 2. The Bertz CT molecular complexity index is 2770. The molecule has 0 aliphatic heterocycles. The van der Waals surface area contributed by atoms with Gasteiger partial charge in [0, 0.05) is 19.3 Å². The largest absolute Gasteiger partial charge is 0.472 e. The molecule has 658 valence electrons. The molecule has 0 aliphatic rings. The molecule has 16 nitrogen and oxygen atoms in total. The number of hydrogen-bond acceptors (Lipinski definition) is 14. The molecule has 0 saturated heterocycles. The Balaban J connectivity index is 4.62. The molecule has 18 heteroatoms. The Morgan fingerprint density at radius 2 is 0.461 bits per heavy atom. The number of ether oxygens (including phenoxy) is 3. The topological polar surface area (TPSA) is 231 Å². The van der Waals surface area contributed by atoms with E-state index in [1.54, 1.807) is 0 Å². The summed E-state index contributed by atoms with van der Waals surface area (Å²) in [5.41, 5.74) is 0. The monoisotopic (exact) mass is 1650 g/mol. The van der Waals surface area contributed by atoms with Gasteiger partial charge in [0.15, 0.2) is 6.10 Å². The Hall–Kier alpha value is -5.09. The molecule has 0 aromatic rings. The minimum absolute atomic E-state index is 0.0763. The first-order valence-corrected chi connectivity index (χ1v) is 48.4. The molecule has 0 aliphatic carbocycles. The van der Waals surface area contributed by atoms with E-state index in [1.165, 1.54) is 128 Å². The lowest BCUT2D eigenvalue weighted by Gasteiger charge is -2.21.